The lowest BCUT2D eigenvalue weighted by Crippen LogP contribution is -2.21. The minimum atomic E-state index is -0.351. The number of benzene rings is 1. The molecular weight excluding hydrogens is 292 g/mol. The van der Waals surface area contributed by atoms with Gasteiger partial charge in [0, 0.05) is 12.2 Å². The third-order valence-electron chi connectivity index (χ3n) is 3.34. The van der Waals surface area contributed by atoms with Crippen molar-refractivity contribution in [3.8, 4) is 11.8 Å². The highest BCUT2D eigenvalue weighted by Crippen LogP contribution is 2.19. The molecule has 2 rings (SSSR count). The van der Waals surface area contributed by atoms with Gasteiger partial charge < -0.3 is 10.1 Å². The van der Waals surface area contributed by atoms with Gasteiger partial charge in [0.15, 0.2) is 12.4 Å². The van der Waals surface area contributed by atoms with Gasteiger partial charge in [0.05, 0.1) is 0 Å². The number of aryl methyl sites for hydroxylation is 2. The van der Waals surface area contributed by atoms with Crippen LogP contribution in [0.25, 0.3) is 0 Å². The fourth-order valence-electron chi connectivity index (χ4n) is 2.00. The van der Waals surface area contributed by atoms with Crippen molar-refractivity contribution >= 4 is 11.7 Å². The molecule has 23 heavy (non-hydrogen) atoms. The molecule has 1 heterocycles. The number of amides is 1. The number of rotatable bonds is 5. The van der Waals surface area contributed by atoms with E-state index in [9.17, 15) is 4.79 Å². The molecule has 6 heteroatoms. The molecule has 0 unspecified atom stereocenters. The van der Waals surface area contributed by atoms with E-state index in [1.165, 1.54) is 0 Å². The van der Waals surface area contributed by atoms with Gasteiger partial charge in [0.1, 0.15) is 17.4 Å². The normalized spacial score (nSPS) is 10.4. The van der Waals surface area contributed by atoms with Crippen LogP contribution in [-0.2, 0) is 4.79 Å². The maximum Gasteiger partial charge on any atom is 0.263 e. The Morgan fingerprint density at radius 1 is 1.43 bits per heavy atom. The largest absolute Gasteiger partial charge is 0.483 e. The van der Waals surface area contributed by atoms with Crippen molar-refractivity contribution < 1.29 is 9.53 Å². The number of carbonyl (C=O) groups is 1. The standard InChI is InChI=1S/C17H20N4O2/c1-11(2)21-9-14(8-18)17(20-21)19-16(22)10-23-15-7-12(3)5-6-13(15)4/h5-7,9,11H,10H2,1-4H3,(H,19,20,22). The van der Waals surface area contributed by atoms with Gasteiger partial charge in [-0.3, -0.25) is 9.48 Å². The van der Waals surface area contributed by atoms with E-state index in [1.807, 2.05) is 52.0 Å². The van der Waals surface area contributed by atoms with E-state index in [1.54, 1.807) is 10.9 Å². The molecule has 0 aliphatic heterocycles. The van der Waals surface area contributed by atoms with Gasteiger partial charge in [0.2, 0.25) is 0 Å². The Bertz CT molecular complexity index is 756. The summed E-state index contributed by atoms with van der Waals surface area (Å²) < 4.78 is 7.19. The highest BCUT2D eigenvalue weighted by atomic mass is 16.5. The van der Waals surface area contributed by atoms with Crippen LogP contribution in [0.1, 0.15) is 36.6 Å². The van der Waals surface area contributed by atoms with Crippen molar-refractivity contribution in [2.24, 2.45) is 0 Å². The number of anilines is 1. The van der Waals surface area contributed by atoms with Gasteiger partial charge in [-0.15, -0.1) is 0 Å². The molecule has 0 fully saturated rings. The van der Waals surface area contributed by atoms with Crippen molar-refractivity contribution in [1.82, 2.24) is 9.78 Å². The Morgan fingerprint density at radius 2 is 2.17 bits per heavy atom. The maximum absolute atomic E-state index is 12.0. The number of nitrogens with one attached hydrogen (secondary N) is 1. The number of hydrogen-bond acceptors (Lipinski definition) is 4. The van der Waals surface area contributed by atoms with Gasteiger partial charge in [-0.1, -0.05) is 12.1 Å². The number of ether oxygens (including phenoxy) is 1. The number of nitriles is 1. The fourth-order valence-corrected chi connectivity index (χ4v) is 2.00. The van der Waals surface area contributed by atoms with Crippen LogP contribution >= 0.6 is 0 Å². The molecule has 0 radical (unpaired) electrons. The fraction of sp³-hybridized carbons (Fsp3) is 0.353. The first kappa shape index (κ1) is 16.6. The average molecular weight is 312 g/mol. The molecule has 0 bridgehead atoms. The Hall–Kier alpha value is -2.81. The molecule has 6 nitrogen and oxygen atoms in total. The SMILES string of the molecule is Cc1ccc(C)c(OCC(=O)Nc2nn(C(C)C)cc2C#N)c1. The summed E-state index contributed by atoms with van der Waals surface area (Å²) in [7, 11) is 0. The third kappa shape index (κ3) is 4.10. The lowest BCUT2D eigenvalue weighted by atomic mass is 10.1. The summed E-state index contributed by atoms with van der Waals surface area (Å²) in [5, 5.41) is 16.0. The van der Waals surface area contributed by atoms with E-state index < -0.39 is 0 Å². The second kappa shape index (κ2) is 6.97. The minimum absolute atomic E-state index is 0.110. The van der Waals surface area contributed by atoms with Crippen molar-refractivity contribution in [2.45, 2.75) is 33.7 Å². The van der Waals surface area contributed by atoms with Crippen LogP contribution in [-0.4, -0.2) is 22.3 Å². The smallest absolute Gasteiger partial charge is 0.263 e. The highest BCUT2D eigenvalue weighted by molar-refractivity contribution is 5.92. The molecule has 1 aromatic heterocycles. The summed E-state index contributed by atoms with van der Waals surface area (Å²) in [6.45, 7) is 7.64. The Kier molecular flexibility index (Phi) is 5.02. The summed E-state index contributed by atoms with van der Waals surface area (Å²) in [4.78, 5) is 12.0. The molecule has 1 aromatic carbocycles. The zero-order chi connectivity index (χ0) is 17.0. The van der Waals surface area contributed by atoms with E-state index in [2.05, 4.69) is 10.4 Å². The van der Waals surface area contributed by atoms with E-state index in [0.717, 1.165) is 11.1 Å². The van der Waals surface area contributed by atoms with Crippen LogP contribution < -0.4 is 10.1 Å². The predicted molar refractivity (Wildman–Crippen MR) is 87.4 cm³/mol. The Balaban J connectivity index is 2.03. The maximum atomic E-state index is 12.0. The predicted octanol–water partition coefficient (Wildman–Crippen LogP) is 2.97. The number of aromatic nitrogens is 2. The molecule has 120 valence electrons. The second-order valence-electron chi connectivity index (χ2n) is 5.68. The molecule has 0 aliphatic rings. The van der Waals surface area contributed by atoms with Crippen LogP contribution in [0, 0.1) is 25.2 Å². The molecule has 1 N–H and O–H groups in total. The summed E-state index contributed by atoms with van der Waals surface area (Å²) in [5.41, 5.74) is 2.36. The molecule has 0 saturated heterocycles. The van der Waals surface area contributed by atoms with Crippen LogP contribution in [0.5, 0.6) is 5.75 Å². The molecule has 1 amide bonds. The second-order valence-corrected chi connectivity index (χ2v) is 5.68. The van der Waals surface area contributed by atoms with Crippen molar-refractivity contribution in [3.63, 3.8) is 0 Å². The summed E-state index contributed by atoms with van der Waals surface area (Å²) in [6.07, 6.45) is 1.62. The van der Waals surface area contributed by atoms with Crippen molar-refractivity contribution in [2.75, 3.05) is 11.9 Å². The first-order chi connectivity index (χ1) is 10.9. The lowest BCUT2D eigenvalue weighted by Gasteiger charge is -2.09. The van der Waals surface area contributed by atoms with Gasteiger partial charge in [0.25, 0.3) is 5.91 Å². The lowest BCUT2D eigenvalue weighted by molar-refractivity contribution is -0.118. The molecular formula is C17H20N4O2. The van der Waals surface area contributed by atoms with E-state index in [4.69, 9.17) is 10.00 Å². The van der Waals surface area contributed by atoms with Crippen molar-refractivity contribution in [3.05, 3.63) is 41.1 Å². The van der Waals surface area contributed by atoms with Gasteiger partial charge in [-0.05, 0) is 44.9 Å². The van der Waals surface area contributed by atoms with E-state index in [-0.39, 0.29) is 24.4 Å². The first-order valence-electron chi connectivity index (χ1n) is 7.40. The Labute approximate surface area is 135 Å². The zero-order valence-corrected chi connectivity index (χ0v) is 13.8. The molecule has 0 atom stereocenters. The Morgan fingerprint density at radius 3 is 2.83 bits per heavy atom. The molecule has 0 spiro atoms. The topological polar surface area (TPSA) is 79.9 Å². The number of nitrogens with zero attached hydrogens (tertiary/aromatic N) is 3. The minimum Gasteiger partial charge on any atom is -0.483 e. The highest BCUT2D eigenvalue weighted by Gasteiger charge is 2.14. The number of hydrogen-bond donors (Lipinski definition) is 1. The zero-order valence-electron chi connectivity index (χ0n) is 13.8. The monoisotopic (exact) mass is 312 g/mol. The van der Waals surface area contributed by atoms with E-state index >= 15 is 0 Å². The first-order valence-corrected chi connectivity index (χ1v) is 7.40. The summed E-state index contributed by atoms with van der Waals surface area (Å²) >= 11 is 0. The van der Waals surface area contributed by atoms with Gasteiger partial charge in [-0.25, -0.2) is 0 Å². The van der Waals surface area contributed by atoms with E-state index in [0.29, 0.717) is 11.3 Å². The van der Waals surface area contributed by atoms with Crippen LogP contribution in [0.2, 0.25) is 0 Å². The molecule has 0 aliphatic carbocycles. The van der Waals surface area contributed by atoms with Crippen molar-refractivity contribution in [1.29, 1.82) is 5.26 Å². The quantitative estimate of drug-likeness (QED) is 0.920. The average Bonchev–Trinajstić information content (AvgIpc) is 2.91. The summed E-state index contributed by atoms with van der Waals surface area (Å²) in [5.74, 6) is 0.584. The third-order valence-corrected chi connectivity index (χ3v) is 3.34. The van der Waals surface area contributed by atoms with Crippen LogP contribution in [0.3, 0.4) is 0 Å². The van der Waals surface area contributed by atoms with Crippen LogP contribution in [0.15, 0.2) is 24.4 Å². The number of carbonyl (C=O) groups excluding carboxylic acids is 1. The molecule has 0 saturated carbocycles. The van der Waals surface area contributed by atoms with Gasteiger partial charge in [-0.2, -0.15) is 10.4 Å². The summed E-state index contributed by atoms with van der Waals surface area (Å²) in [6, 6.07) is 7.95. The van der Waals surface area contributed by atoms with Gasteiger partial charge >= 0.3 is 0 Å². The molecule has 2 aromatic rings. The van der Waals surface area contributed by atoms with Crippen LogP contribution in [0.4, 0.5) is 5.82 Å².